The molecule has 0 aliphatic heterocycles. The van der Waals surface area contributed by atoms with Crippen molar-refractivity contribution >= 4 is 30.5 Å². The number of hydrogen-bond donors (Lipinski definition) is 0. The van der Waals surface area contributed by atoms with Crippen LogP contribution in [0.5, 0.6) is 0 Å². The molecule has 3 aromatic carbocycles. The van der Waals surface area contributed by atoms with Crippen LogP contribution in [0.25, 0.3) is 0 Å². The second kappa shape index (κ2) is 14.7. The SMILES string of the molecule is COCO[C@H](CCCCCSc1ccccc1)CO[Si](c1ccccc1)(c1ccccc1)C(C)(C)C. The first kappa shape index (κ1) is 28.7. The lowest BCUT2D eigenvalue weighted by molar-refractivity contribution is -0.0876. The molecule has 36 heavy (non-hydrogen) atoms. The Morgan fingerprint density at radius 1 is 0.750 bits per heavy atom. The van der Waals surface area contributed by atoms with Gasteiger partial charge in [0.2, 0.25) is 0 Å². The van der Waals surface area contributed by atoms with Crippen LogP contribution in [-0.4, -0.2) is 40.7 Å². The van der Waals surface area contributed by atoms with Crippen molar-refractivity contribution < 1.29 is 13.9 Å². The predicted molar refractivity (Wildman–Crippen MR) is 156 cm³/mol. The minimum absolute atomic E-state index is 0.00776. The molecule has 0 amide bonds. The Balaban J connectivity index is 1.67. The van der Waals surface area contributed by atoms with Crippen LogP contribution in [0.2, 0.25) is 5.04 Å². The number of unbranched alkanes of at least 4 members (excludes halogenated alkanes) is 2. The first-order chi connectivity index (χ1) is 17.5. The van der Waals surface area contributed by atoms with E-state index in [1.165, 1.54) is 28.1 Å². The van der Waals surface area contributed by atoms with Gasteiger partial charge in [0.1, 0.15) is 6.79 Å². The molecule has 0 saturated heterocycles. The fraction of sp³-hybridized carbons (Fsp3) is 0.419. The number of methoxy groups -OCH3 is 1. The fourth-order valence-corrected chi connectivity index (χ4v) is 10.2. The van der Waals surface area contributed by atoms with Gasteiger partial charge in [0, 0.05) is 12.0 Å². The van der Waals surface area contributed by atoms with Crippen LogP contribution in [0.4, 0.5) is 0 Å². The minimum atomic E-state index is -2.57. The Hall–Kier alpha value is -1.89. The van der Waals surface area contributed by atoms with E-state index in [1.807, 2.05) is 11.8 Å². The molecule has 0 aromatic heterocycles. The van der Waals surface area contributed by atoms with Crippen molar-refractivity contribution in [3.63, 3.8) is 0 Å². The van der Waals surface area contributed by atoms with Crippen LogP contribution in [0.3, 0.4) is 0 Å². The highest BCUT2D eigenvalue weighted by Gasteiger charge is 2.50. The number of ether oxygens (including phenoxy) is 2. The van der Waals surface area contributed by atoms with Gasteiger partial charge in [-0.2, -0.15) is 0 Å². The molecule has 1 atom stereocenters. The molecular formula is C31H42O3SSi. The van der Waals surface area contributed by atoms with Crippen molar-refractivity contribution in [1.29, 1.82) is 0 Å². The maximum absolute atomic E-state index is 7.12. The Labute approximate surface area is 223 Å². The average Bonchev–Trinajstić information content (AvgIpc) is 2.90. The smallest absolute Gasteiger partial charge is 0.261 e. The largest absolute Gasteiger partial charge is 0.405 e. The Bertz CT molecular complexity index is 937. The monoisotopic (exact) mass is 522 g/mol. The average molecular weight is 523 g/mol. The van der Waals surface area contributed by atoms with Crippen LogP contribution >= 0.6 is 11.8 Å². The lowest BCUT2D eigenvalue weighted by Crippen LogP contribution is -2.67. The van der Waals surface area contributed by atoms with Crippen LogP contribution < -0.4 is 10.4 Å². The summed E-state index contributed by atoms with van der Waals surface area (Å²) in [5.74, 6) is 1.15. The molecule has 194 valence electrons. The molecule has 0 spiro atoms. The molecule has 0 fully saturated rings. The van der Waals surface area contributed by atoms with Gasteiger partial charge in [-0.1, -0.05) is 112 Å². The van der Waals surface area contributed by atoms with Crippen molar-refractivity contribution in [1.82, 2.24) is 0 Å². The molecule has 0 bridgehead atoms. The Morgan fingerprint density at radius 2 is 1.31 bits per heavy atom. The van der Waals surface area contributed by atoms with E-state index in [1.54, 1.807) is 7.11 Å². The van der Waals surface area contributed by atoms with Gasteiger partial charge in [0.25, 0.3) is 8.32 Å². The van der Waals surface area contributed by atoms with Gasteiger partial charge >= 0.3 is 0 Å². The van der Waals surface area contributed by atoms with Crippen molar-refractivity contribution in [3.05, 3.63) is 91.0 Å². The van der Waals surface area contributed by atoms with E-state index in [-0.39, 0.29) is 11.1 Å². The summed E-state index contributed by atoms with van der Waals surface area (Å²) in [5.41, 5.74) is 0. The third-order valence-corrected chi connectivity index (χ3v) is 12.6. The molecule has 0 aliphatic rings. The topological polar surface area (TPSA) is 27.7 Å². The summed E-state index contributed by atoms with van der Waals surface area (Å²) in [7, 11) is -0.892. The molecule has 0 saturated carbocycles. The normalized spacial score (nSPS) is 13.0. The molecule has 3 rings (SSSR count). The van der Waals surface area contributed by atoms with Gasteiger partial charge in [-0.25, -0.2) is 0 Å². The van der Waals surface area contributed by atoms with Crippen molar-refractivity contribution in [2.75, 3.05) is 26.3 Å². The van der Waals surface area contributed by atoms with Crippen LogP contribution in [-0.2, 0) is 13.9 Å². The van der Waals surface area contributed by atoms with Crippen molar-refractivity contribution in [3.8, 4) is 0 Å². The molecule has 0 unspecified atom stereocenters. The summed E-state index contributed by atoms with van der Waals surface area (Å²) < 4.78 is 18.5. The number of benzene rings is 3. The highest BCUT2D eigenvalue weighted by atomic mass is 32.2. The van der Waals surface area contributed by atoms with E-state index in [0.29, 0.717) is 13.4 Å². The molecule has 0 heterocycles. The number of rotatable bonds is 15. The van der Waals surface area contributed by atoms with E-state index < -0.39 is 8.32 Å². The summed E-state index contributed by atoms with van der Waals surface area (Å²) >= 11 is 1.93. The number of hydrogen-bond acceptors (Lipinski definition) is 4. The standard InChI is InChI=1S/C31H42O3SSi/c1-31(2,3)36(29-20-12-6-13-21-29,30-22-14-7-15-23-30)34-25-27(33-26-32-4)17-9-8-16-24-35-28-18-10-5-11-19-28/h5-7,10-15,18-23,27H,8-9,16-17,24-26H2,1-4H3/t27-/m1/s1. The van der Waals surface area contributed by atoms with Crippen molar-refractivity contribution in [2.45, 2.75) is 62.5 Å². The lowest BCUT2D eigenvalue weighted by atomic mass is 10.1. The second-order valence-electron chi connectivity index (χ2n) is 10.2. The summed E-state index contributed by atoms with van der Waals surface area (Å²) in [6, 6.07) is 32.2. The van der Waals surface area contributed by atoms with E-state index in [2.05, 4.69) is 112 Å². The summed E-state index contributed by atoms with van der Waals surface area (Å²) in [5, 5.41) is 2.55. The van der Waals surface area contributed by atoms with Gasteiger partial charge < -0.3 is 13.9 Å². The molecule has 5 heteroatoms. The van der Waals surface area contributed by atoms with Crippen LogP contribution in [0.15, 0.2) is 95.9 Å². The van der Waals surface area contributed by atoms with Gasteiger partial charge in [0.15, 0.2) is 0 Å². The van der Waals surface area contributed by atoms with Gasteiger partial charge in [-0.3, -0.25) is 0 Å². The lowest BCUT2D eigenvalue weighted by Gasteiger charge is -2.43. The first-order valence-electron chi connectivity index (χ1n) is 13.0. The first-order valence-corrected chi connectivity index (χ1v) is 15.9. The highest BCUT2D eigenvalue weighted by molar-refractivity contribution is 7.99. The van der Waals surface area contributed by atoms with Gasteiger partial charge in [0.05, 0.1) is 12.7 Å². The molecule has 0 N–H and O–H groups in total. The summed E-state index contributed by atoms with van der Waals surface area (Å²) in [6.07, 6.45) is 4.48. The molecule has 0 radical (unpaired) electrons. The maximum Gasteiger partial charge on any atom is 0.261 e. The van der Waals surface area contributed by atoms with Gasteiger partial charge in [-0.05, 0) is 46.1 Å². The van der Waals surface area contributed by atoms with Crippen molar-refractivity contribution in [2.24, 2.45) is 0 Å². The van der Waals surface area contributed by atoms with Crippen LogP contribution in [0, 0.1) is 0 Å². The van der Waals surface area contributed by atoms with E-state index >= 15 is 0 Å². The predicted octanol–water partition coefficient (Wildman–Crippen LogP) is 6.90. The third kappa shape index (κ3) is 8.05. The Kier molecular flexibility index (Phi) is 11.7. The molecular weight excluding hydrogens is 480 g/mol. The van der Waals surface area contributed by atoms with E-state index in [0.717, 1.165) is 18.6 Å². The molecule has 3 aromatic rings. The minimum Gasteiger partial charge on any atom is -0.405 e. The van der Waals surface area contributed by atoms with E-state index in [9.17, 15) is 0 Å². The summed E-state index contributed by atoms with van der Waals surface area (Å²) in [4.78, 5) is 1.34. The van der Waals surface area contributed by atoms with Gasteiger partial charge in [-0.15, -0.1) is 11.8 Å². The second-order valence-corrected chi connectivity index (χ2v) is 15.7. The zero-order valence-electron chi connectivity index (χ0n) is 22.3. The Morgan fingerprint density at radius 3 is 1.83 bits per heavy atom. The quantitative estimate of drug-likeness (QED) is 0.0939. The molecule has 0 aliphatic carbocycles. The molecule has 3 nitrogen and oxygen atoms in total. The number of thioether (sulfide) groups is 1. The maximum atomic E-state index is 7.12. The van der Waals surface area contributed by atoms with E-state index in [4.69, 9.17) is 13.9 Å². The fourth-order valence-electron chi connectivity index (χ4n) is 4.72. The van der Waals surface area contributed by atoms with Crippen LogP contribution in [0.1, 0.15) is 46.5 Å². The zero-order chi connectivity index (χ0) is 25.7. The highest BCUT2D eigenvalue weighted by Crippen LogP contribution is 2.37. The zero-order valence-corrected chi connectivity index (χ0v) is 24.1. The summed E-state index contributed by atoms with van der Waals surface area (Å²) in [6.45, 7) is 7.80. The third-order valence-electron chi connectivity index (χ3n) is 6.51.